The molecule has 0 spiro atoms. The van der Waals surface area contributed by atoms with Crippen molar-refractivity contribution in [1.82, 2.24) is 0 Å². The molecule has 4 aromatic carbocycles. The number of Topliss-reactive ketones (excluding diaryl/α,β-unsaturated/α-hetero) is 1. The van der Waals surface area contributed by atoms with Crippen LogP contribution < -0.4 is 9.64 Å². The van der Waals surface area contributed by atoms with E-state index < -0.39 is 17.7 Å². The van der Waals surface area contributed by atoms with Crippen LogP contribution in [0.5, 0.6) is 11.5 Å². The fraction of sp³-hybridized carbons (Fsp3) is 0.212. The van der Waals surface area contributed by atoms with Gasteiger partial charge in [-0.2, -0.15) is 0 Å². The Morgan fingerprint density at radius 3 is 2.15 bits per heavy atom. The largest absolute Gasteiger partial charge is 0.457 e. The quantitative estimate of drug-likeness (QED) is 0.180. The SMILES string of the molecule is CC(C(=O)Cc1cccc(Cl)c1F)C(COCc1ccccc1)C(=O)N(C)c1ccc(Oc2ccccc2)cc1. The zero-order valence-electron chi connectivity index (χ0n) is 22.4. The molecule has 2 atom stereocenters. The number of hydrogen-bond acceptors (Lipinski definition) is 4. The number of anilines is 1. The van der Waals surface area contributed by atoms with Gasteiger partial charge in [0, 0.05) is 25.1 Å². The van der Waals surface area contributed by atoms with E-state index in [1.807, 2.05) is 60.7 Å². The minimum atomic E-state index is -0.788. The second-order valence-corrected chi connectivity index (χ2v) is 9.97. The highest BCUT2D eigenvalue weighted by Crippen LogP contribution is 2.27. The third-order valence-electron chi connectivity index (χ3n) is 6.77. The lowest BCUT2D eigenvalue weighted by molar-refractivity contribution is -0.133. The van der Waals surface area contributed by atoms with Gasteiger partial charge in [0.2, 0.25) is 5.91 Å². The normalized spacial score (nSPS) is 12.4. The first-order valence-electron chi connectivity index (χ1n) is 13.0. The lowest BCUT2D eigenvalue weighted by atomic mass is 9.86. The van der Waals surface area contributed by atoms with Crippen LogP contribution in [-0.4, -0.2) is 25.3 Å². The van der Waals surface area contributed by atoms with Gasteiger partial charge in [-0.1, -0.05) is 79.2 Å². The van der Waals surface area contributed by atoms with Crippen LogP contribution in [0.25, 0.3) is 0 Å². The lowest BCUT2D eigenvalue weighted by Crippen LogP contribution is -2.41. The van der Waals surface area contributed by atoms with Gasteiger partial charge in [0.15, 0.2) is 0 Å². The van der Waals surface area contributed by atoms with E-state index in [4.69, 9.17) is 21.1 Å². The van der Waals surface area contributed by atoms with Crippen LogP contribution in [0.4, 0.5) is 10.1 Å². The summed E-state index contributed by atoms with van der Waals surface area (Å²) in [7, 11) is 1.66. The van der Waals surface area contributed by atoms with E-state index in [0.717, 1.165) is 5.56 Å². The van der Waals surface area contributed by atoms with Crippen LogP contribution in [0.2, 0.25) is 5.02 Å². The van der Waals surface area contributed by atoms with Gasteiger partial charge < -0.3 is 14.4 Å². The molecule has 0 aliphatic rings. The smallest absolute Gasteiger partial charge is 0.232 e. The molecule has 5 nitrogen and oxygen atoms in total. The van der Waals surface area contributed by atoms with Crippen molar-refractivity contribution in [2.24, 2.45) is 11.8 Å². The van der Waals surface area contributed by atoms with Crippen LogP contribution in [0.15, 0.2) is 103 Å². The Morgan fingerprint density at radius 2 is 1.48 bits per heavy atom. The van der Waals surface area contributed by atoms with Gasteiger partial charge in [-0.05, 0) is 53.6 Å². The highest BCUT2D eigenvalue weighted by molar-refractivity contribution is 6.30. The number of halogens is 2. The van der Waals surface area contributed by atoms with Crippen molar-refractivity contribution in [3.8, 4) is 11.5 Å². The Hall–Kier alpha value is -4.00. The summed E-state index contributed by atoms with van der Waals surface area (Å²) < 4.78 is 26.3. The van der Waals surface area contributed by atoms with Crippen molar-refractivity contribution >= 4 is 29.0 Å². The summed E-state index contributed by atoms with van der Waals surface area (Å²) >= 11 is 5.91. The molecule has 0 bridgehead atoms. The van der Waals surface area contributed by atoms with Crippen LogP contribution >= 0.6 is 11.6 Å². The van der Waals surface area contributed by atoms with Crippen LogP contribution in [0, 0.1) is 17.7 Å². The summed E-state index contributed by atoms with van der Waals surface area (Å²) in [5.74, 6) is -1.36. The zero-order valence-corrected chi connectivity index (χ0v) is 23.2. The van der Waals surface area contributed by atoms with Gasteiger partial charge in [0.25, 0.3) is 0 Å². The number of para-hydroxylation sites is 1. The first-order chi connectivity index (χ1) is 19.3. The van der Waals surface area contributed by atoms with Crippen molar-refractivity contribution < 1.29 is 23.5 Å². The molecular formula is C33H31ClFNO4. The fourth-order valence-electron chi connectivity index (χ4n) is 4.30. The number of benzene rings is 4. The molecule has 1 amide bonds. The first kappa shape index (κ1) is 29.0. The third kappa shape index (κ3) is 7.56. The summed E-state index contributed by atoms with van der Waals surface area (Å²) in [5, 5.41) is -0.0452. The van der Waals surface area contributed by atoms with Gasteiger partial charge in [0.05, 0.1) is 24.2 Å². The summed E-state index contributed by atoms with van der Waals surface area (Å²) in [5.41, 5.74) is 1.79. The van der Waals surface area contributed by atoms with Crippen molar-refractivity contribution in [3.05, 3.63) is 125 Å². The second-order valence-electron chi connectivity index (χ2n) is 9.56. The van der Waals surface area contributed by atoms with Crippen molar-refractivity contribution in [1.29, 1.82) is 0 Å². The molecule has 4 aromatic rings. The fourth-order valence-corrected chi connectivity index (χ4v) is 4.50. The van der Waals surface area contributed by atoms with E-state index in [1.165, 1.54) is 17.0 Å². The van der Waals surface area contributed by atoms with Gasteiger partial charge in [-0.3, -0.25) is 9.59 Å². The Labute approximate surface area is 239 Å². The maximum absolute atomic E-state index is 14.5. The highest BCUT2D eigenvalue weighted by atomic mass is 35.5. The van der Waals surface area contributed by atoms with E-state index in [-0.39, 0.29) is 35.3 Å². The maximum Gasteiger partial charge on any atom is 0.232 e. The van der Waals surface area contributed by atoms with Gasteiger partial charge in [-0.25, -0.2) is 4.39 Å². The maximum atomic E-state index is 14.5. The van der Waals surface area contributed by atoms with E-state index in [9.17, 15) is 14.0 Å². The number of amides is 1. The van der Waals surface area contributed by atoms with E-state index in [1.54, 1.807) is 44.3 Å². The minimum Gasteiger partial charge on any atom is -0.457 e. The predicted octanol–water partition coefficient (Wildman–Crippen LogP) is 7.52. The summed E-state index contributed by atoms with van der Waals surface area (Å²) in [6.45, 7) is 2.01. The average Bonchev–Trinajstić information content (AvgIpc) is 2.98. The first-order valence-corrected chi connectivity index (χ1v) is 13.4. The number of nitrogens with zero attached hydrogens (tertiary/aromatic N) is 1. The molecule has 206 valence electrons. The van der Waals surface area contributed by atoms with Crippen LogP contribution in [-0.2, 0) is 27.4 Å². The molecule has 0 aromatic heterocycles. The summed E-state index contributed by atoms with van der Waals surface area (Å²) in [6.07, 6.45) is -0.175. The summed E-state index contributed by atoms with van der Waals surface area (Å²) in [4.78, 5) is 28.5. The molecule has 0 fully saturated rings. The van der Waals surface area contributed by atoms with E-state index >= 15 is 0 Å². The molecule has 0 N–H and O–H groups in total. The molecule has 2 unspecified atom stereocenters. The molecule has 0 heterocycles. The Kier molecular flexibility index (Phi) is 10.1. The topological polar surface area (TPSA) is 55.8 Å². The Morgan fingerprint density at radius 1 is 0.850 bits per heavy atom. The molecule has 0 radical (unpaired) electrons. The van der Waals surface area contributed by atoms with E-state index in [0.29, 0.717) is 23.8 Å². The number of rotatable bonds is 12. The second kappa shape index (κ2) is 13.9. The molecular weight excluding hydrogens is 529 g/mol. The minimum absolute atomic E-state index is 0.0260. The molecule has 0 saturated carbocycles. The molecule has 0 aliphatic carbocycles. The molecule has 7 heteroatoms. The number of hydrogen-bond donors (Lipinski definition) is 0. The number of ether oxygens (including phenoxy) is 2. The van der Waals surface area contributed by atoms with Crippen LogP contribution in [0.1, 0.15) is 18.1 Å². The lowest BCUT2D eigenvalue weighted by Gasteiger charge is -2.28. The van der Waals surface area contributed by atoms with Crippen molar-refractivity contribution in [2.45, 2.75) is 20.0 Å². The standard InChI is InChI=1S/C33H31ClFNO4/c1-23(31(37)20-25-12-9-15-30(34)32(25)35)29(22-39-21-24-10-5-3-6-11-24)33(38)36(2)26-16-18-28(19-17-26)40-27-13-7-4-8-14-27/h3-19,23,29H,20-22H2,1-2H3. The number of ketones is 1. The van der Waals surface area contributed by atoms with Gasteiger partial charge >= 0.3 is 0 Å². The molecule has 40 heavy (non-hydrogen) atoms. The number of carbonyl (C=O) groups excluding carboxylic acids is 2. The van der Waals surface area contributed by atoms with Crippen molar-refractivity contribution in [2.75, 3.05) is 18.6 Å². The number of carbonyl (C=O) groups is 2. The monoisotopic (exact) mass is 559 g/mol. The molecule has 0 aliphatic heterocycles. The van der Waals surface area contributed by atoms with Gasteiger partial charge in [0.1, 0.15) is 23.1 Å². The van der Waals surface area contributed by atoms with Gasteiger partial charge in [-0.15, -0.1) is 0 Å². The molecule has 4 rings (SSSR count). The Bertz CT molecular complexity index is 1410. The molecule has 0 saturated heterocycles. The van der Waals surface area contributed by atoms with E-state index in [2.05, 4.69) is 0 Å². The zero-order chi connectivity index (χ0) is 28.5. The van der Waals surface area contributed by atoms with Crippen LogP contribution in [0.3, 0.4) is 0 Å². The van der Waals surface area contributed by atoms with Crippen molar-refractivity contribution in [3.63, 3.8) is 0 Å². The average molecular weight is 560 g/mol. The predicted molar refractivity (Wildman–Crippen MR) is 155 cm³/mol. The summed E-state index contributed by atoms with van der Waals surface area (Å²) in [6, 6.07) is 30.7. The Balaban J connectivity index is 1.49. The highest BCUT2D eigenvalue weighted by Gasteiger charge is 2.33. The third-order valence-corrected chi connectivity index (χ3v) is 7.06.